The molecule has 0 atom stereocenters. The van der Waals surface area contributed by atoms with Crippen LogP contribution in [0.25, 0.3) is 0 Å². The van der Waals surface area contributed by atoms with Crippen molar-refractivity contribution < 1.29 is 4.79 Å². The van der Waals surface area contributed by atoms with Crippen LogP contribution in [0.3, 0.4) is 0 Å². The van der Waals surface area contributed by atoms with Crippen molar-refractivity contribution in [2.75, 3.05) is 19.6 Å². The maximum absolute atomic E-state index is 10.9. The van der Waals surface area contributed by atoms with E-state index in [1.165, 1.54) is 0 Å². The number of amides is 1. The minimum atomic E-state index is 0.187. The lowest BCUT2D eigenvalue weighted by molar-refractivity contribution is -0.130. The number of hydrogen-bond acceptors (Lipinski definition) is 2. The van der Waals surface area contributed by atoms with Crippen LogP contribution >= 0.6 is 11.8 Å². The Morgan fingerprint density at radius 2 is 2.17 bits per heavy atom. The molecule has 1 fully saturated rings. The molecule has 0 aromatic carbocycles. The summed E-state index contributed by atoms with van der Waals surface area (Å²) in [4.78, 5) is 15.5. The van der Waals surface area contributed by atoms with Gasteiger partial charge >= 0.3 is 0 Å². The molecule has 0 aromatic rings. The number of carbonyl (C=O) groups excluding carboxylic acids is 1. The van der Waals surface area contributed by atoms with Crippen LogP contribution in [-0.4, -0.2) is 30.4 Å². The van der Waals surface area contributed by atoms with Gasteiger partial charge in [0.25, 0.3) is 0 Å². The molecule has 1 saturated heterocycles. The monoisotopic (exact) mass is 190 g/mol. The van der Waals surface area contributed by atoms with Crippen LogP contribution in [0.15, 0.2) is 0 Å². The standard InChI is InChI=1S/C8H15ClN2O/c1-7(12)11-4-2-8(3-5-11)6-10-9/h8,10H,2-6H2,1H3. The van der Waals surface area contributed by atoms with Crippen LogP contribution < -0.4 is 4.84 Å². The van der Waals surface area contributed by atoms with Crippen molar-refractivity contribution >= 4 is 17.7 Å². The number of likely N-dealkylation sites (tertiary alicyclic amines) is 1. The molecule has 1 aliphatic rings. The van der Waals surface area contributed by atoms with Crippen molar-refractivity contribution in [2.24, 2.45) is 5.92 Å². The number of hydrogen-bond donors (Lipinski definition) is 1. The zero-order chi connectivity index (χ0) is 8.97. The molecular formula is C8H15ClN2O. The Labute approximate surface area is 78.2 Å². The van der Waals surface area contributed by atoms with Crippen LogP contribution in [-0.2, 0) is 4.79 Å². The van der Waals surface area contributed by atoms with E-state index in [1.807, 2.05) is 4.90 Å². The van der Waals surface area contributed by atoms with Gasteiger partial charge in [0.05, 0.1) is 0 Å². The first-order valence-electron chi connectivity index (χ1n) is 4.33. The van der Waals surface area contributed by atoms with Crippen LogP contribution in [0.1, 0.15) is 19.8 Å². The number of carbonyl (C=O) groups is 1. The molecule has 0 radical (unpaired) electrons. The molecule has 1 heterocycles. The SMILES string of the molecule is CC(=O)N1CCC(CNCl)CC1. The number of rotatable bonds is 2. The van der Waals surface area contributed by atoms with Crippen molar-refractivity contribution in [1.29, 1.82) is 0 Å². The van der Waals surface area contributed by atoms with E-state index in [1.54, 1.807) is 6.92 Å². The fourth-order valence-electron chi connectivity index (χ4n) is 1.56. The van der Waals surface area contributed by atoms with Gasteiger partial charge < -0.3 is 4.90 Å². The first-order chi connectivity index (χ1) is 5.74. The van der Waals surface area contributed by atoms with Crippen molar-refractivity contribution in [3.8, 4) is 0 Å². The topological polar surface area (TPSA) is 32.3 Å². The Balaban J connectivity index is 2.25. The zero-order valence-electron chi connectivity index (χ0n) is 7.35. The van der Waals surface area contributed by atoms with Gasteiger partial charge in [-0.1, -0.05) is 0 Å². The van der Waals surface area contributed by atoms with E-state index in [0.29, 0.717) is 5.92 Å². The highest BCUT2D eigenvalue weighted by molar-refractivity contribution is 6.13. The molecule has 0 spiro atoms. The van der Waals surface area contributed by atoms with E-state index in [9.17, 15) is 4.79 Å². The largest absolute Gasteiger partial charge is 0.343 e. The first kappa shape index (κ1) is 9.81. The lowest BCUT2D eigenvalue weighted by atomic mass is 9.97. The van der Waals surface area contributed by atoms with Crippen LogP contribution in [0.2, 0.25) is 0 Å². The molecule has 0 unspecified atom stereocenters. The Morgan fingerprint density at radius 1 is 1.58 bits per heavy atom. The van der Waals surface area contributed by atoms with Crippen LogP contribution in [0.4, 0.5) is 0 Å². The fourth-order valence-corrected chi connectivity index (χ4v) is 1.78. The average Bonchev–Trinajstić information content (AvgIpc) is 2.06. The molecular weight excluding hydrogens is 176 g/mol. The third-order valence-corrected chi connectivity index (χ3v) is 2.58. The summed E-state index contributed by atoms with van der Waals surface area (Å²) in [5.41, 5.74) is 0. The Kier molecular flexibility index (Phi) is 3.82. The maximum atomic E-state index is 10.9. The average molecular weight is 191 g/mol. The second-order valence-corrected chi connectivity index (χ2v) is 3.55. The number of halogens is 1. The highest BCUT2D eigenvalue weighted by Gasteiger charge is 2.19. The van der Waals surface area contributed by atoms with Gasteiger partial charge in [0, 0.05) is 26.6 Å². The summed E-state index contributed by atoms with van der Waals surface area (Å²) in [7, 11) is 0. The van der Waals surface area contributed by atoms with E-state index in [0.717, 1.165) is 32.5 Å². The van der Waals surface area contributed by atoms with E-state index in [2.05, 4.69) is 4.84 Å². The minimum Gasteiger partial charge on any atom is -0.343 e. The number of nitrogens with zero attached hydrogens (tertiary/aromatic N) is 1. The van der Waals surface area contributed by atoms with Gasteiger partial charge in [-0.2, -0.15) is 0 Å². The van der Waals surface area contributed by atoms with Gasteiger partial charge in [-0.05, 0) is 30.5 Å². The maximum Gasteiger partial charge on any atom is 0.219 e. The molecule has 1 N–H and O–H groups in total. The highest BCUT2D eigenvalue weighted by Crippen LogP contribution is 2.16. The smallest absolute Gasteiger partial charge is 0.219 e. The van der Waals surface area contributed by atoms with Crippen LogP contribution in [0, 0.1) is 5.92 Å². The summed E-state index contributed by atoms with van der Waals surface area (Å²) < 4.78 is 0. The molecule has 0 aromatic heterocycles. The van der Waals surface area contributed by atoms with Gasteiger partial charge in [-0.3, -0.25) is 4.79 Å². The molecule has 3 nitrogen and oxygen atoms in total. The molecule has 1 rings (SSSR count). The normalized spacial score (nSPS) is 19.7. The summed E-state index contributed by atoms with van der Waals surface area (Å²) >= 11 is 5.40. The fraction of sp³-hybridized carbons (Fsp3) is 0.875. The third-order valence-electron chi connectivity index (χ3n) is 2.43. The summed E-state index contributed by atoms with van der Waals surface area (Å²) in [6.45, 7) is 4.25. The van der Waals surface area contributed by atoms with Gasteiger partial charge in [0.15, 0.2) is 0 Å². The van der Waals surface area contributed by atoms with Gasteiger partial charge in [-0.15, -0.1) is 0 Å². The summed E-state index contributed by atoms with van der Waals surface area (Å²) in [5.74, 6) is 0.824. The first-order valence-corrected chi connectivity index (χ1v) is 4.71. The van der Waals surface area contributed by atoms with Gasteiger partial charge in [0.2, 0.25) is 5.91 Å². The summed E-state index contributed by atoms with van der Waals surface area (Å²) in [6.07, 6.45) is 2.14. The highest BCUT2D eigenvalue weighted by atomic mass is 35.5. The third kappa shape index (κ3) is 2.64. The lowest BCUT2D eigenvalue weighted by Crippen LogP contribution is -2.38. The molecule has 1 aliphatic heterocycles. The van der Waals surface area contributed by atoms with E-state index >= 15 is 0 Å². The van der Waals surface area contributed by atoms with Crippen LogP contribution in [0.5, 0.6) is 0 Å². The molecule has 12 heavy (non-hydrogen) atoms. The second-order valence-electron chi connectivity index (χ2n) is 3.29. The van der Waals surface area contributed by atoms with Crippen molar-refractivity contribution in [1.82, 2.24) is 9.74 Å². The molecule has 0 aliphatic carbocycles. The minimum absolute atomic E-state index is 0.187. The quantitative estimate of drug-likeness (QED) is 0.659. The van der Waals surface area contributed by atoms with Crippen molar-refractivity contribution in [3.05, 3.63) is 0 Å². The predicted molar refractivity (Wildman–Crippen MR) is 48.8 cm³/mol. The molecule has 70 valence electrons. The molecule has 0 bridgehead atoms. The van der Waals surface area contributed by atoms with Gasteiger partial charge in [-0.25, -0.2) is 4.84 Å². The van der Waals surface area contributed by atoms with E-state index in [4.69, 9.17) is 11.8 Å². The van der Waals surface area contributed by atoms with E-state index < -0.39 is 0 Å². The summed E-state index contributed by atoms with van der Waals surface area (Å²) in [5, 5.41) is 0. The Bertz CT molecular complexity index is 155. The van der Waals surface area contributed by atoms with Gasteiger partial charge in [0.1, 0.15) is 0 Å². The number of nitrogens with one attached hydrogen (secondary N) is 1. The number of piperidine rings is 1. The Morgan fingerprint density at radius 3 is 2.58 bits per heavy atom. The lowest BCUT2D eigenvalue weighted by Gasteiger charge is -2.30. The second kappa shape index (κ2) is 4.67. The van der Waals surface area contributed by atoms with Crippen molar-refractivity contribution in [3.63, 3.8) is 0 Å². The summed E-state index contributed by atoms with van der Waals surface area (Å²) in [6, 6.07) is 0. The molecule has 1 amide bonds. The zero-order valence-corrected chi connectivity index (χ0v) is 8.10. The predicted octanol–water partition coefficient (Wildman–Crippen LogP) is 0.988. The van der Waals surface area contributed by atoms with E-state index in [-0.39, 0.29) is 5.91 Å². The van der Waals surface area contributed by atoms with Crippen molar-refractivity contribution in [2.45, 2.75) is 19.8 Å². The molecule has 0 saturated carbocycles. The molecule has 4 heteroatoms. The Hall–Kier alpha value is -0.280.